The van der Waals surface area contributed by atoms with Crippen LogP contribution in [-0.4, -0.2) is 42.9 Å². The molecule has 22 heavy (non-hydrogen) atoms. The van der Waals surface area contributed by atoms with Crippen LogP contribution in [0.25, 0.3) is 0 Å². The van der Waals surface area contributed by atoms with Crippen molar-refractivity contribution in [3.63, 3.8) is 0 Å². The molecule has 0 aliphatic heterocycles. The van der Waals surface area contributed by atoms with Crippen LogP contribution in [0.4, 0.5) is 0 Å². The van der Waals surface area contributed by atoms with E-state index in [1.54, 1.807) is 0 Å². The first-order valence-electron chi connectivity index (χ1n) is 7.90. The predicted octanol–water partition coefficient (Wildman–Crippen LogP) is 3.11. The number of rotatable bonds is 9. The van der Waals surface area contributed by atoms with Crippen molar-refractivity contribution in [2.75, 3.05) is 32.8 Å². The molecule has 0 fully saturated rings. The lowest BCUT2D eigenvalue weighted by Crippen LogP contribution is -2.30. The fraction of sp³-hybridized carbons (Fsp3) is 0.368. The maximum Gasteiger partial charge on any atom is 0.108 e. The molecule has 2 aromatic carbocycles. The van der Waals surface area contributed by atoms with Crippen molar-refractivity contribution in [1.29, 1.82) is 0 Å². The zero-order chi connectivity index (χ0) is 15.6. The molecule has 0 saturated heterocycles. The molecule has 0 amide bonds. The van der Waals surface area contributed by atoms with Gasteiger partial charge in [0.1, 0.15) is 6.10 Å². The van der Waals surface area contributed by atoms with Gasteiger partial charge in [-0.05, 0) is 17.7 Å². The Bertz CT molecular complexity index is 476. The molecule has 3 heteroatoms. The van der Waals surface area contributed by atoms with E-state index < -0.39 is 0 Å². The van der Waals surface area contributed by atoms with Gasteiger partial charge in [0, 0.05) is 13.1 Å². The molecule has 0 atom stereocenters. The molecule has 0 spiro atoms. The van der Waals surface area contributed by atoms with E-state index in [-0.39, 0.29) is 12.7 Å². The molecule has 2 aromatic rings. The van der Waals surface area contributed by atoms with Gasteiger partial charge in [-0.1, -0.05) is 67.6 Å². The molecule has 0 aliphatic rings. The van der Waals surface area contributed by atoms with Crippen LogP contribution < -0.4 is 0 Å². The summed E-state index contributed by atoms with van der Waals surface area (Å²) in [6, 6.07) is 20.6. The highest BCUT2D eigenvalue weighted by Crippen LogP contribution is 2.25. The lowest BCUT2D eigenvalue weighted by atomic mass is 10.0. The Hall–Kier alpha value is -1.68. The van der Waals surface area contributed by atoms with Crippen LogP contribution in [0.5, 0.6) is 0 Å². The van der Waals surface area contributed by atoms with Gasteiger partial charge < -0.3 is 9.84 Å². The topological polar surface area (TPSA) is 32.7 Å². The molecule has 2 rings (SSSR count). The van der Waals surface area contributed by atoms with E-state index in [9.17, 15) is 0 Å². The molecule has 3 nitrogen and oxygen atoms in total. The minimum absolute atomic E-state index is 0.0461. The first kappa shape index (κ1) is 16.7. The van der Waals surface area contributed by atoms with Crippen LogP contribution in [0.3, 0.4) is 0 Å². The van der Waals surface area contributed by atoms with Crippen molar-refractivity contribution in [3.05, 3.63) is 71.8 Å². The van der Waals surface area contributed by atoms with Crippen LogP contribution in [0.2, 0.25) is 0 Å². The lowest BCUT2D eigenvalue weighted by molar-refractivity contribution is 0.0572. The zero-order valence-corrected chi connectivity index (χ0v) is 13.2. The van der Waals surface area contributed by atoms with E-state index >= 15 is 0 Å². The van der Waals surface area contributed by atoms with Crippen LogP contribution in [0.15, 0.2) is 60.7 Å². The van der Waals surface area contributed by atoms with E-state index in [0.29, 0.717) is 13.2 Å². The van der Waals surface area contributed by atoms with E-state index in [1.165, 1.54) is 11.1 Å². The fourth-order valence-corrected chi connectivity index (χ4v) is 2.51. The number of aliphatic hydroxyl groups excluding tert-OH is 1. The maximum atomic E-state index is 9.05. The predicted molar refractivity (Wildman–Crippen MR) is 89.9 cm³/mol. The average Bonchev–Trinajstić information content (AvgIpc) is 2.59. The van der Waals surface area contributed by atoms with E-state index in [0.717, 1.165) is 13.1 Å². The van der Waals surface area contributed by atoms with Gasteiger partial charge >= 0.3 is 0 Å². The van der Waals surface area contributed by atoms with Gasteiger partial charge in [-0.15, -0.1) is 0 Å². The van der Waals surface area contributed by atoms with Gasteiger partial charge in [-0.2, -0.15) is 0 Å². The number of nitrogens with zero attached hydrogens (tertiary/aromatic N) is 1. The summed E-state index contributed by atoms with van der Waals surface area (Å²) < 4.78 is 6.17. The van der Waals surface area contributed by atoms with E-state index in [2.05, 4.69) is 36.1 Å². The number of hydrogen-bond donors (Lipinski definition) is 1. The van der Waals surface area contributed by atoms with Crippen molar-refractivity contribution < 1.29 is 9.84 Å². The first-order chi connectivity index (χ1) is 10.8. The van der Waals surface area contributed by atoms with Gasteiger partial charge in [-0.25, -0.2) is 0 Å². The summed E-state index contributed by atoms with van der Waals surface area (Å²) >= 11 is 0. The molecular weight excluding hydrogens is 274 g/mol. The molecular formula is C19H25NO2. The summed E-state index contributed by atoms with van der Waals surface area (Å²) in [5.74, 6) is 0. The number of aliphatic hydroxyl groups is 1. The fourth-order valence-electron chi connectivity index (χ4n) is 2.51. The molecule has 0 heterocycles. The molecule has 0 bridgehead atoms. The Morgan fingerprint density at radius 2 is 1.45 bits per heavy atom. The summed E-state index contributed by atoms with van der Waals surface area (Å²) in [6.45, 7) is 5.37. The zero-order valence-electron chi connectivity index (χ0n) is 13.2. The smallest absolute Gasteiger partial charge is 0.108 e. The summed E-state index contributed by atoms with van der Waals surface area (Å²) in [7, 11) is 0. The molecule has 0 unspecified atom stereocenters. The second-order valence-corrected chi connectivity index (χ2v) is 5.23. The van der Waals surface area contributed by atoms with Gasteiger partial charge in [0.05, 0.1) is 13.2 Å². The van der Waals surface area contributed by atoms with Crippen LogP contribution in [0.1, 0.15) is 24.2 Å². The number of likely N-dealkylation sites (N-methyl/N-ethyl adjacent to an activating group) is 1. The summed E-state index contributed by atoms with van der Waals surface area (Å²) in [6.07, 6.45) is -0.0461. The SMILES string of the molecule is CCN(CCO)CCOC(c1ccccc1)c1ccccc1. The third-order valence-corrected chi connectivity index (χ3v) is 3.76. The monoisotopic (exact) mass is 299 g/mol. The summed E-state index contributed by atoms with van der Waals surface area (Å²) in [5, 5.41) is 9.05. The molecule has 0 saturated carbocycles. The third-order valence-electron chi connectivity index (χ3n) is 3.76. The number of ether oxygens (including phenoxy) is 1. The van der Waals surface area contributed by atoms with Crippen molar-refractivity contribution in [2.24, 2.45) is 0 Å². The third kappa shape index (κ3) is 4.95. The van der Waals surface area contributed by atoms with Gasteiger partial charge in [0.25, 0.3) is 0 Å². The number of hydrogen-bond acceptors (Lipinski definition) is 3. The molecule has 0 aliphatic carbocycles. The molecule has 1 N–H and O–H groups in total. The van der Waals surface area contributed by atoms with E-state index in [4.69, 9.17) is 9.84 Å². The highest BCUT2D eigenvalue weighted by Gasteiger charge is 2.14. The van der Waals surface area contributed by atoms with Crippen LogP contribution in [-0.2, 0) is 4.74 Å². The van der Waals surface area contributed by atoms with Gasteiger partial charge in [-0.3, -0.25) is 4.90 Å². The first-order valence-corrected chi connectivity index (χ1v) is 7.90. The normalized spacial score (nSPS) is 11.3. The Morgan fingerprint density at radius 1 is 0.909 bits per heavy atom. The summed E-state index contributed by atoms with van der Waals surface area (Å²) in [4.78, 5) is 2.19. The van der Waals surface area contributed by atoms with Crippen molar-refractivity contribution in [1.82, 2.24) is 4.90 Å². The lowest BCUT2D eigenvalue weighted by Gasteiger charge is -2.23. The van der Waals surface area contributed by atoms with Crippen molar-refractivity contribution in [3.8, 4) is 0 Å². The van der Waals surface area contributed by atoms with Gasteiger partial charge in [0.15, 0.2) is 0 Å². The average molecular weight is 299 g/mol. The molecule has 0 aromatic heterocycles. The second kappa shape index (κ2) is 9.36. The second-order valence-electron chi connectivity index (χ2n) is 5.23. The van der Waals surface area contributed by atoms with Crippen LogP contribution in [0, 0.1) is 0 Å². The standard InChI is InChI=1S/C19H25NO2/c1-2-20(13-15-21)14-16-22-19(17-9-5-3-6-10-17)18-11-7-4-8-12-18/h3-12,19,21H,2,13-16H2,1H3. The Labute approximate surface area is 133 Å². The van der Waals surface area contributed by atoms with Gasteiger partial charge in [0.2, 0.25) is 0 Å². The Balaban J connectivity index is 2.03. The summed E-state index contributed by atoms with van der Waals surface area (Å²) in [5.41, 5.74) is 2.33. The molecule has 118 valence electrons. The van der Waals surface area contributed by atoms with Crippen molar-refractivity contribution in [2.45, 2.75) is 13.0 Å². The number of benzene rings is 2. The highest BCUT2D eigenvalue weighted by atomic mass is 16.5. The largest absolute Gasteiger partial charge is 0.395 e. The molecule has 0 radical (unpaired) electrons. The Morgan fingerprint density at radius 3 is 1.91 bits per heavy atom. The van der Waals surface area contributed by atoms with E-state index in [1.807, 2.05) is 36.4 Å². The Kier molecular flexibility index (Phi) is 7.10. The highest BCUT2D eigenvalue weighted by molar-refractivity contribution is 5.29. The quantitative estimate of drug-likeness (QED) is 0.772. The minimum Gasteiger partial charge on any atom is -0.395 e. The van der Waals surface area contributed by atoms with Crippen molar-refractivity contribution >= 4 is 0 Å². The maximum absolute atomic E-state index is 9.05. The van der Waals surface area contributed by atoms with Crippen LogP contribution >= 0.6 is 0 Å². The minimum atomic E-state index is -0.0461.